The third-order valence-corrected chi connectivity index (χ3v) is 3.57. The van der Waals surface area contributed by atoms with Crippen LogP contribution in [0.15, 0.2) is 70.9 Å². The van der Waals surface area contributed by atoms with E-state index >= 15 is 0 Å². The molecule has 3 nitrogen and oxygen atoms in total. The molecule has 0 unspecified atom stereocenters. The fourth-order valence-corrected chi connectivity index (χ4v) is 2.41. The summed E-state index contributed by atoms with van der Waals surface area (Å²) in [4.78, 5) is 0. The van der Waals surface area contributed by atoms with Gasteiger partial charge in [-0.15, -0.1) is 17.5 Å². The summed E-state index contributed by atoms with van der Waals surface area (Å²) in [6.07, 6.45) is 0.942. The first-order valence-corrected chi connectivity index (χ1v) is 7.06. The van der Waals surface area contributed by atoms with E-state index in [4.69, 9.17) is 5.73 Å². The van der Waals surface area contributed by atoms with Crippen molar-refractivity contribution in [3.8, 4) is 0 Å². The quantitative estimate of drug-likeness (QED) is 0.480. The number of nitrogen functional groups attached to an aromatic ring is 1. The highest BCUT2D eigenvalue weighted by atomic mass is 35.5. The zero-order valence-corrected chi connectivity index (χ0v) is 13.2. The highest BCUT2D eigenvalue weighted by molar-refractivity contribution is 5.99. The fourth-order valence-electron chi connectivity index (χ4n) is 2.41. The molecule has 0 aromatic heterocycles. The largest absolute Gasteiger partial charge is 0.398 e. The Balaban J connectivity index is 0.00000176. The minimum Gasteiger partial charge on any atom is -0.398 e. The van der Waals surface area contributed by atoms with Crippen molar-refractivity contribution < 1.29 is 0 Å². The number of nitrogens with two attached hydrogens (primary N) is 1. The zero-order chi connectivity index (χ0) is 14.7. The Morgan fingerprint density at radius 3 is 2.18 bits per heavy atom. The SMILES string of the molecule is CCc1ccccc1N=Nc1ccc(N)c2ccccc12.Cl. The van der Waals surface area contributed by atoms with Crippen LogP contribution < -0.4 is 5.73 Å². The van der Waals surface area contributed by atoms with Gasteiger partial charge in [0.1, 0.15) is 0 Å². The molecule has 3 aromatic carbocycles. The molecule has 0 saturated carbocycles. The van der Waals surface area contributed by atoms with Gasteiger partial charge >= 0.3 is 0 Å². The summed E-state index contributed by atoms with van der Waals surface area (Å²) in [7, 11) is 0. The van der Waals surface area contributed by atoms with Crippen molar-refractivity contribution >= 4 is 40.2 Å². The topological polar surface area (TPSA) is 50.7 Å². The van der Waals surface area contributed by atoms with Gasteiger partial charge in [-0.1, -0.05) is 49.4 Å². The molecule has 112 valence electrons. The van der Waals surface area contributed by atoms with Gasteiger partial charge in [-0.2, -0.15) is 5.11 Å². The highest BCUT2D eigenvalue weighted by Crippen LogP contribution is 2.31. The Morgan fingerprint density at radius 2 is 1.41 bits per heavy atom. The van der Waals surface area contributed by atoms with Gasteiger partial charge in [0.15, 0.2) is 0 Å². The van der Waals surface area contributed by atoms with E-state index in [1.807, 2.05) is 54.6 Å². The molecule has 3 rings (SSSR count). The van der Waals surface area contributed by atoms with E-state index in [1.165, 1.54) is 5.56 Å². The molecule has 22 heavy (non-hydrogen) atoms. The lowest BCUT2D eigenvalue weighted by molar-refractivity contribution is 1.11. The van der Waals surface area contributed by atoms with Crippen molar-refractivity contribution in [3.63, 3.8) is 0 Å². The summed E-state index contributed by atoms with van der Waals surface area (Å²) >= 11 is 0. The van der Waals surface area contributed by atoms with Gasteiger partial charge in [0.05, 0.1) is 11.4 Å². The summed E-state index contributed by atoms with van der Waals surface area (Å²) in [6, 6.07) is 19.8. The first-order chi connectivity index (χ1) is 10.3. The van der Waals surface area contributed by atoms with E-state index in [9.17, 15) is 0 Å². The molecule has 0 spiro atoms. The average molecular weight is 312 g/mol. The lowest BCUT2D eigenvalue weighted by atomic mass is 10.1. The van der Waals surface area contributed by atoms with Crippen LogP contribution in [0.25, 0.3) is 10.8 Å². The second kappa shape index (κ2) is 7.05. The Labute approximate surface area is 136 Å². The molecule has 0 fully saturated rings. The first kappa shape index (κ1) is 16.0. The average Bonchev–Trinajstić information content (AvgIpc) is 2.55. The molecule has 0 radical (unpaired) electrons. The Kier molecular flexibility index (Phi) is 5.12. The molecule has 0 atom stereocenters. The third-order valence-electron chi connectivity index (χ3n) is 3.57. The van der Waals surface area contributed by atoms with E-state index in [-0.39, 0.29) is 12.4 Å². The summed E-state index contributed by atoms with van der Waals surface area (Å²) < 4.78 is 0. The molecule has 0 aliphatic rings. The van der Waals surface area contributed by atoms with Crippen LogP contribution in [0.4, 0.5) is 17.1 Å². The Hall–Kier alpha value is -2.39. The lowest BCUT2D eigenvalue weighted by Crippen LogP contribution is -1.86. The Bertz CT molecular complexity index is 812. The van der Waals surface area contributed by atoms with Crippen molar-refractivity contribution in [1.82, 2.24) is 0 Å². The minimum absolute atomic E-state index is 0. The number of hydrogen-bond donors (Lipinski definition) is 1. The number of anilines is 1. The van der Waals surface area contributed by atoms with Gasteiger partial charge < -0.3 is 5.73 Å². The van der Waals surface area contributed by atoms with Crippen LogP contribution in [0.2, 0.25) is 0 Å². The van der Waals surface area contributed by atoms with Gasteiger partial charge in [-0.05, 0) is 30.2 Å². The Morgan fingerprint density at radius 1 is 0.773 bits per heavy atom. The number of rotatable bonds is 3. The molecular formula is C18H18ClN3. The number of nitrogens with zero attached hydrogens (tertiary/aromatic N) is 2. The monoisotopic (exact) mass is 311 g/mol. The van der Waals surface area contributed by atoms with Crippen molar-refractivity contribution in [3.05, 3.63) is 66.2 Å². The molecule has 0 saturated heterocycles. The summed E-state index contributed by atoms with van der Waals surface area (Å²) in [6.45, 7) is 2.12. The van der Waals surface area contributed by atoms with E-state index < -0.39 is 0 Å². The number of benzene rings is 3. The second-order valence-electron chi connectivity index (χ2n) is 4.90. The smallest absolute Gasteiger partial charge is 0.0936 e. The van der Waals surface area contributed by atoms with Crippen LogP contribution in [-0.4, -0.2) is 0 Å². The molecule has 0 amide bonds. The van der Waals surface area contributed by atoms with Gasteiger partial charge in [0.2, 0.25) is 0 Å². The molecule has 2 N–H and O–H groups in total. The van der Waals surface area contributed by atoms with Gasteiger partial charge in [-0.25, -0.2) is 0 Å². The predicted molar refractivity (Wildman–Crippen MR) is 95.6 cm³/mol. The molecule has 0 aliphatic heterocycles. The lowest BCUT2D eigenvalue weighted by Gasteiger charge is -2.05. The standard InChI is InChI=1S/C18H17N3.ClH/c1-2-13-7-3-6-10-17(13)20-21-18-12-11-16(19)14-8-4-5-9-15(14)18;/h3-12H,2,19H2,1H3;1H. The number of fused-ring (bicyclic) bond motifs is 1. The van der Waals surface area contributed by atoms with E-state index in [0.29, 0.717) is 0 Å². The van der Waals surface area contributed by atoms with Gasteiger partial charge in [0.25, 0.3) is 0 Å². The van der Waals surface area contributed by atoms with Gasteiger partial charge in [-0.3, -0.25) is 0 Å². The highest BCUT2D eigenvalue weighted by Gasteiger charge is 2.03. The summed E-state index contributed by atoms with van der Waals surface area (Å²) in [5.74, 6) is 0. The maximum atomic E-state index is 6.01. The number of azo groups is 1. The predicted octanol–water partition coefficient (Wildman–Crippen LogP) is 5.82. The van der Waals surface area contributed by atoms with Crippen LogP contribution in [0.1, 0.15) is 12.5 Å². The maximum absolute atomic E-state index is 6.01. The summed E-state index contributed by atoms with van der Waals surface area (Å²) in [5, 5.41) is 10.9. The number of hydrogen-bond acceptors (Lipinski definition) is 3. The third kappa shape index (κ3) is 3.10. The fraction of sp³-hybridized carbons (Fsp3) is 0.111. The van der Waals surface area contributed by atoms with Crippen molar-refractivity contribution in [2.45, 2.75) is 13.3 Å². The number of aryl methyl sites for hydroxylation is 1. The second-order valence-corrected chi connectivity index (χ2v) is 4.90. The van der Waals surface area contributed by atoms with Crippen LogP contribution in [0.5, 0.6) is 0 Å². The zero-order valence-electron chi connectivity index (χ0n) is 12.4. The van der Waals surface area contributed by atoms with E-state index in [2.05, 4.69) is 23.2 Å². The van der Waals surface area contributed by atoms with Crippen LogP contribution >= 0.6 is 12.4 Å². The first-order valence-electron chi connectivity index (χ1n) is 7.06. The molecule has 3 aromatic rings. The van der Waals surface area contributed by atoms with Crippen molar-refractivity contribution in [2.75, 3.05) is 5.73 Å². The van der Waals surface area contributed by atoms with Crippen molar-refractivity contribution in [1.29, 1.82) is 0 Å². The minimum atomic E-state index is 0. The summed E-state index contributed by atoms with van der Waals surface area (Å²) in [5.41, 5.74) is 9.72. The molecule has 0 heterocycles. The van der Waals surface area contributed by atoms with E-state index in [1.54, 1.807) is 0 Å². The molecular weight excluding hydrogens is 294 g/mol. The van der Waals surface area contributed by atoms with Crippen LogP contribution in [-0.2, 0) is 6.42 Å². The molecule has 4 heteroatoms. The molecule has 0 bridgehead atoms. The maximum Gasteiger partial charge on any atom is 0.0936 e. The van der Waals surface area contributed by atoms with Gasteiger partial charge in [0, 0.05) is 16.5 Å². The normalized spacial score (nSPS) is 10.8. The van der Waals surface area contributed by atoms with Crippen LogP contribution in [0.3, 0.4) is 0 Å². The molecule has 0 aliphatic carbocycles. The number of halogens is 1. The van der Waals surface area contributed by atoms with Crippen LogP contribution in [0, 0.1) is 0 Å². The van der Waals surface area contributed by atoms with Crippen molar-refractivity contribution in [2.24, 2.45) is 10.2 Å². The van der Waals surface area contributed by atoms with E-state index in [0.717, 1.165) is 34.3 Å².